The van der Waals surface area contributed by atoms with Crippen LogP contribution in [0, 0.1) is 11.3 Å². The lowest BCUT2D eigenvalue weighted by atomic mass is 9.67. The van der Waals surface area contributed by atoms with Crippen molar-refractivity contribution in [3.05, 3.63) is 12.2 Å². The van der Waals surface area contributed by atoms with E-state index in [0.717, 1.165) is 32.4 Å². The van der Waals surface area contributed by atoms with Crippen LogP contribution in [0.4, 0.5) is 0 Å². The van der Waals surface area contributed by atoms with Crippen molar-refractivity contribution in [2.24, 2.45) is 11.3 Å². The molecule has 1 amide bonds. The zero-order valence-corrected chi connectivity index (χ0v) is 12.4. The maximum Gasteiger partial charge on any atom is 0.228 e. The van der Waals surface area contributed by atoms with Gasteiger partial charge in [0.15, 0.2) is 5.82 Å². The molecule has 1 unspecified atom stereocenters. The number of nitrogens with one attached hydrogen (secondary N) is 2. The summed E-state index contributed by atoms with van der Waals surface area (Å²) in [5.41, 5.74) is -0.226. The van der Waals surface area contributed by atoms with Gasteiger partial charge in [-0.2, -0.15) is 4.98 Å². The molecule has 0 radical (unpaired) electrons. The summed E-state index contributed by atoms with van der Waals surface area (Å²) in [6, 6.07) is -0.205. The molecule has 0 spiro atoms. The van der Waals surface area contributed by atoms with Crippen molar-refractivity contribution in [1.29, 1.82) is 0 Å². The lowest BCUT2D eigenvalue weighted by molar-refractivity contribution is -0.134. The molecular weight excluding hydrogens is 280 g/mol. The minimum absolute atomic E-state index is 0. The summed E-state index contributed by atoms with van der Waals surface area (Å²) in [6.45, 7) is 3.64. The first kappa shape index (κ1) is 15.3. The zero-order chi connectivity index (χ0) is 13.3. The third-order valence-electron chi connectivity index (χ3n) is 4.60. The highest BCUT2D eigenvalue weighted by molar-refractivity contribution is 5.85. The molecule has 3 atom stereocenters. The summed E-state index contributed by atoms with van der Waals surface area (Å²) in [5.74, 6) is 1.14. The Hall–Kier alpha value is -1.14. The number of halogens is 1. The fraction of sp³-hybridized carbons (Fsp3) is 0.769. The van der Waals surface area contributed by atoms with Crippen molar-refractivity contribution in [1.82, 2.24) is 20.8 Å². The third-order valence-corrected chi connectivity index (χ3v) is 4.60. The molecule has 1 aromatic heterocycles. The molecule has 1 saturated carbocycles. The summed E-state index contributed by atoms with van der Waals surface area (Å²) in [4.78, 5) is 16.7. The van der Waals surface area contributed by atoms with Crippen LogP contribution in [0.5, 0.6) is 0 Å². The van der Waals surface area contributed by atoms with E-state index in [-0.39, 0.29) is 29.8 Å². The van der Waals surface area contributed by atoms with Crippen molar-refractivity contribution in [3.8, 4) is 0 Å². The Morgan fingerprint density at radius 3 is 3.20 bits per heavy atom. The van der Waals surface area contributed by atoms with E-state index in [0.29, 0.717) is 11.7 Å². The number of rotatable bonds is 3. The minimum atomic E-state index is -0.226. The highest BCUT2D eigenvalue weighted by atomic mass is 35.5. The molecule has 3 rings (SSSR count). The van der Waals surface area contributed by atoms with Gasteiger partial charge in [0, 0.05) is 6.54 Å². The quantitative estimate of drug-likeness (QED) is 0.883. The predicted molar refractivity (Wildman–Crippen MR) is 75.4 cm³/mol. The highest BCUT2D eigenvalue weighted by Crippen LogP contribution is 2.44. The number of hydrogen-bond acceptors (Lipinski definition) is 5. The van der Waals surface area contributed by atoms with Crippen molar-refractivity contribution in [2.45, 2.75) is 38.6 Å². The zero-order valence-electron chi connectivity index (χ0n) is 11.6. The smallest absolute Gasteiger partial charge is 0.228 e. The fourth-order valence-corrected chi connectivity index (χ4v) is 3.46. The maximum atomic E-state index is 12.7. The lowest BCUT2D eigenvalue weighted by Crippen LogP contribution is -2.48. The molecule has 7 heteroatoms. The molecule has 1 saturated heterocycles. The van der Waals surface area contributed by atoms with E-state index >= 15 is 0 Å². The predicted octanol–water partition coefficient (Wildman–Crippen LogP) is 1.45. The number of carbonyl (C=O) groups is 1. The summed E-state index contributed by atoms with van der Waals surface area (Å²) in [7, 11) is 0. The Morgan fingerprint density at radius 1 is 1.60 bits per heavy atom. The Balaban J connectivity index is 0.00000147. The van der Waals surface area contributed by atoms with Gasteiger partial charge in [0.1, 0.15) is 0 Å². The lowest BCUT2D eigenvalue weighted by Gasteiger charge is -2.37. The van der Waals surface area contributed by atoms with E-state index in [1.807, 2.05) is 6.92 Å². The van der Waals surface area contributed by atoms with Crippen LogP contribution in [0.1, 0.15) is 44.5 Å². The molecule has 2 fully saturated rings. The molecule has 1 aliphatic heterocycles. The van der Waals surface area contributed by atoms with Crippen LogP contribution in [0.2, 0.25) is 0 Å². The molecule has 1 aromatic rings. The van der Waals surface area contributed by atoms with Crippen LogP contribution >= 0.6 is 12.4 Å². The van der Waals surface area contributed by atoms with Gasteiger partial charge < -0.3 is 15.2 Å². The Labute approximate surface area is 124 Å². The molecule has 2 N–H and O–H groups in total. The average molecular weight is 301 g/mol. The van der Waals surface area contributed by atoms with Gasteiger partial charge in [0.25, 0.3) is 0 Å². The minimum Gasteiger partial charge on any atom is -0.346 e. The highest BCUT2D eigenvalue weighted by Gasteiger charge is 2.50. The van der Waals surface area contributed by atoms with Gasteiger partial charge in [-0.15, -0.1) is 12.4 Å². The van der Waals surface area contributed by atoms with Gasteiger partial charge in [-0.05, 0) is 32.2 Å². The first-order chi connectivity index (χ1) is 9.22. The standard InChI is InChI=1S/C13H20N4O2.ClH/c1-9(11-15-8-19-17-11)16-12(18)13-5-3-2-4-10(13)6-14-7-13;/h8-10,14H,2-7H2,1H3,(H,16,18);1H/t9?,10-,13+;/m0./s1. The van der Waals surface area contributed by atoms with Crippen molar-refractivity contribution < 1.29 is 9.32 Å². The average Bonchev–Trinajstić information content (AvgIpc) is 3.08. The van der Waals surface area contributed by atoms with E-state index < -0.39 is 0 Å². The summed E-state index contributed by atoms with van der Waals surface area (Å²) >= 11 is 0. The normalized spacial score (nSPS) is 30.1. The van der Waals surface area contributed by atoms with Crippen LogP contribution in [-0.4, -0.2) is 29.1 Å². The largest absolute Gasteiger partial charge is 0.346 e. The molecule has 1 aliphatic carbocycles. The number of hydrogen-bond donors (Lipinski definition) is 2. The van der Waals surface area contributed by atoms with E-state index in [2.05, 4.69) is 20.8 Å². The van der Waals surface area contributed by atoms with Gasteiger partial charge in [-0.25, -0.2) is 0 Å². The number of nitrogens with zero attached hydrogens (tertiary/aromatic N) is 2. The van der Waals surface area contributed by atoms with Gasteiger partial charge in [-0.1, -0.05) is 18.0 Å². The number of fused-ring (bicyclic) bond motifs is 1. The van der Waals surface area contributed by atoms with Gasteiger partial charge in [0.2, 0.25) is 12.3 Å². The van der Waals surface area contributed by atoms with Crippen LogP contribution in [0.15, 0.2) is 10.9 Å². The Morgan fingerprint density at radius 2 is 2.45 bits per heavy atom. The fourth-order valence-electron chi connectivity index (χ4n) is 3.46. The van der Waals surface area contributed by atoms with Crippen LogP contribution in [0.3, 0.4) is 0 Å². The molecular formula is C13H21ClN4O2. The van der Waals surface area contributed by atoms with E-state index in [1.165, 1.54) is 12.8 Å². The molecule has 0 bridgehead atoms. The van der Waals surface area contributed by atoms with E-state index in [4.69, 9.17) is 4.52 Å². The molecule has 2 heterocycles. The monoisotopic (exact) mass is 300 g/mol. The SMILES string of the molecule is CC(NC(=O)[C@@]12CCCC[C@H]1CNC2)c1ncon1.Cl. The van der Waals surface area contributed by atoms with Crippen LogP contribution < -0.4 is 10.6 Å². The molecule has 0 aromatic carbocycles. The van der Waals surface area contributed by atoms with Crippen molar-refractivity contribution in [3.63, 3.8) is 0 Å². The summed E-state index contributed by atoms with van der Waals surface area (Å²) < 4.78 is 4.72. The van der Waals surface area contributed by atoms with E-state index in [9.17, 15) is 4.79 Å². The Bertz CT molecular complexity index is 453. The number of carbonyl (C=O) groups excluding carboxylic acids is 1. The first-order valence-electron chi connectivity index (χ1n) is 7.00. The maximum absolute atomic E-state index is 12.7. The third kappa shape index (κ3) is 2.54. The topological polar surface area (TPSA) is 80.0 Å². The van der Waals surface area contributed by atoms with Gasteiger partial charge in [0.05, 0.1) is 11.5 Å². The molecule has 20 heavy (non-hydrogen) atoms. The van der Waals surface area contributed by atoms with Crippen LogP contribution in [-0.2, 0) is 4.79 Å². The second-order valence-corrected chi connectivity index (χ2v) is 5.71. The van der Waals surface area contributed by atoms with Crippen LogP contribution in [0.25, 0.3) is 0 Å². The van der Waals surface area contributed by atoms with Crippen molar-refractivity contribution in [2.75, 3.05) is 13.1 Å². The van der Waals surface area contributed by atoms with E-state index in [1.54, 1.807) is 0 Å². The Kier molecular flexibility index (Phi) is 4.65. The molecule has 2 aliphatic rings. The van der Waals surface area contributed by atoms with Gasteiger partial charge in [-0.3, -0.25) is 4.79 Å². The number of aromatic nitrogens is 2. The number of amides is 1. The van der Waals surface area contributed by atoms with Crippen molar-refractivity contribution >= 4 is 18.3 Å². The first-order valence-corrected chi connectivity index (χ1v) is 7.00. The second kappa shape index (κ2) is 6.10. The van der Waals surface area contributed by atoms with Gasteiger partial charge >= 0.3 is 0 Å². The summed E-state index contributed by atoms with van der Waals surface area (Å²) in [5, 5.41) is 10.2. The molecule has 112 valence electrons. The summed E-state index contributed by atoms with van der Waals surface area (Å²) in [6.07, 6.45) is 5.80. The molecule has 6 nitrogen and oxygen atoms in total. The second-order valence-electron chi connectivity index (χ2n) is 5.71.